The Labute approximate surface area is 227 Å². The first-order valence-electron chi connectivity index (χ1n) is 12.9. The maximum atomic E-state index is 13.5. The van der Waals surface area contributed by atoms with Crippen LogP contribution in [0.15, 0.2) is 103 Å². The summed E-state index contributed by atoms with van der Waals surface area (Å²) in [5, 5.41) is 5.79. The van der Waals surface area contributed by atoms with Gasteiger partial charge in [0.25, 0.3) is 11.8 Å². The zero-order chi connectivity index (χ0) is 27.2. The molecule has 0 saturated carbocycles. The molecule has 0 spiro atoms. The predicted octanol–water partition coefficient (Wildman–Crippen LogP) is 5.54. The van der Waals surface area contributed by atoms with E-state index in [1.807, 2.05) is 49.4 Å². The number of benzene rings is 4. The Morgan fingerprint density at radius 2 is 1.36 bits per heavy atom. The van der Waals surface area contributed by atoms with Gasteiger partial charge < -0.3 is 20.3 Å². The summed E-state index contributed by atoms with van der Waals surface area (Å²) in [5.74, 6) is 0.00794. The Morgan fingerprint density at radius 3 is 2.05 bits per heavy atom. The van der Waals surface area contributed by atoms with Crippen molar-refractivity contribution in [2.24, 2.45) is 0 Å². The third-order valence-corrected chi connectivity index (χ3v) is 6.67. The fraction of sp³-hybridized carbons (Fsp3) is 0.156. The van der Waals surface area contributed by atoms with Gasteiger partial charge >= 0.3 is 0 Å². The molecule has 0 bridgehead atoms. The van der Waals surface area contributed by atoms with Crippen LogP contribution in [-0.4, -0.2) is 35.3 Å². The van der Waals surface area contributed by atoms with Gasteiger partial charge in [-0.05, 0) is 78.7 Å². The van der Waals surface area contributed by atoms with Crippen LogP contribution in [-0.2, 0) is 17.8 Å². The molecule has 1 heterocycles. The van der Waals surface area contributed by atoms with Gasteiger partial charge in [0.05, 0.1) is 6.61 Å². The molecule has 0 radical (unpaired) electrons. The number of nitrogens with zero attached hydrogens (tertiary/aromatic N) is 1. The highest BCUT2D eigenvalue weighted by molar-refractivity contribution is 6.05. The summed E-state index contributed by atoms with van der Waals surface area (Å²) in [5.41, 5.74) is 4.28. The molecule has 2 N–H and O–H groups in total. The SMILES string of the molecule is CCOc1ccc(NC(=O)c2ccc(NC(=O)[C@H]3Cc4ccccc4CN3C(=O)c3ccccc3)cc2)cc1. The van der Waals surface area contributed by atoms with Crippen LogP contribution in [0.3, 0.4) is 0 Å². The topological polar surface area (TPSA) is 87.7 Å². The molecular weight excluding hydrogens is 490 g/mol. The third-order valence-electron chi connectivity index (χ3n) is 6.67. The third kappa shape index (κ3) is 5.99. The molecule has 1 aliphatic heterocycles. The van der Waals surface area contributed by atoms with E-state index in [9.17, 15) is 14.4 Å². The molecule has 0 aromatic heterocycles. The van der Waals surface area contributed by atoms with Crippen LogP contribution in [0.1, 0.15) is 38.8 Å². The predicted molar refractivity (Wildman–Crippen MR) is 151 cm³/mol. The molecule has 0 fully saturated rings. The van der Waals surface area contributed by atoms with Crippen molar-refractivity contribution in [1.29, 1.82) is 0 Å². The van der Waals surface area contributed by atoms with E-state index in [4.69, 9.17) is 4.74 Å². The summed E-state index contributed by atoms with van der Waals surface area (Å²) in [6.45, 7) is 2.84. The zero-order valence-corrected chi connectivity index (χ0v) is 21.6. The average molecular weight is 520 g/mol. The van der Waals surface area contributed by atoms with E-state index in [-0.39, 0.29) is 17.7 Å². The Balaban J connectivity index is 1.28. The number of hydrogen-bond donors (Lipinski definition) is 2. The molecule has 5 rings (SSSR count). The highest BCUT2D eigenvalue weighted by Crippen LogP contribution is 2.26. The van der Waals surface area contributed by atoms with E-state index in [0.29, 0.717) is 42.1 Å². The van der Waals surface area contributed by atoms with Gasteiger partial charge in [0.2, 0.25) is 5.91 Å². The smallest absolute Gasteiger partial charge is 0.255 e. The minimum absolute atomic E-state index is 0.188. The highest BCUT2D eigenvalue weighted by atomic mass is 16.5. The van der Waals surface area contributed by atoms with E-state index >= 15 is 0 Å². The lowest BCUT2D eigenvalue weighted by Crippen LogP contribution is -2.50. The summed E-state index contributed by atoms with van der Waals surface area (Å²) in [6.07, 6.45) is 0.420. The molecule has 1 aliphatic rings. The molecule has 0 saturated heterocycles. The van der Waals surface area contributed by atoms with Gasteiger partial charge in [-0.15, -0.1) is 0 Å². The van der Waals surface area contributed by atoms with Gasteiger partial charge in [0.15, 0.2) is 0 Å². The normalized spacial score (nSPS) is 14.2. The van der Waals surface area contributed by atoms with Crippen molar-refractivity contribution in [2.45, 2.75) is 25.9 Å². The van der Waals surface area contributed by atoms with E-state index < -0.39 is 6.04 Å². The van der Waals surface area contributed by atoms with E-state index in [1.165, 1.54) is 0 Å². The van der Waals surface area contributed by atoms with E-state index in [2.05, 4.69) is 10.6 Å². The number of hydrogen-bond acceptors (Lipinski definition) is 4. The first-order chi connectivity index (χ1) is 19.0. The van der Waals surface area contributed by atoms with Crippen LogP contribution in [0.5, 0.6) is 5.75 Å². The molecule has 1 atom stereocenters. The van der Waals surface area contributed by atoms with Gasteiger partial charge in [-0.2, -0.15) is 0 Å². The fourth-order valence-corrected chi connectivity index (χ4v) is 4.65. The highest BCUT2D eigenvalue weighted by Gasteiger charge is 2.35. The number of carbonyl (C=O) groups is 3. The molecule has 39 heavy (non-hydrogen) atoms. The molecule has 4 aromatic carbocycles. The summed E-state index contributed by atoms with van der Waals surface area (Å²) in [7, 11) is 0. The van der Waals surface area contributed by atoms with Crippen molar-refractivity contribution in [3.05, 3.63) is 125 Å². The number of amides is 3. The minimum Gasteiger partial charge on any atom is -0.494 e. The molecule has 3 amide bonds. The standard InChI is InChI=1S/C32H29N3O4/c1-2-39-28-18-16-27(17-19-28)33-30(36)22-12-14-26(15-13-22)34-31(37)29-20-24-10-6-7-11-25(24)21-35(29)32(38)23-8-4-3-5-9-23/h3-19,29H,2,20-21H2,1H3,(H,33,36)(H,34,37)/t29-/m1/s1. The first kappa shape index (κ1) is 25.7. The Hall–Kier alpha value is -4.91. The molecule has 196 valence electrons. The summed E-state index contributed by atoms with van der Waals surface area (Å²) >= 11 is 0. The lowest BCUT2D eigenvalue weighted by Gasteiger charge is -2.36. The Kier molecular flexibility index (Phi) is 7.68. The molecule has 7 heteroatoms. The lowest BCUT2D eigenvalue weighted by molar-refractivity contribution is -0.121. The monoisotopic (exact) mass is 519 g/mol. The van der Waals surface area contributed by atoms with Crippen LogP contribution < -0.4 is 15.4 Å². The molecule has 0 unspecified atom stereocenters. The van der Waals surface area contributed by atoms with Crippen molar-refractivity contribution in [2.75, 3.05) is 17.2 Å². The Bertz CT molecular complexity index is 1470. The number of nitrogens with one attached hydrogen (secondary N) is 2. The number of anilines is 2. The van der Waals surface area contributed by atoms with Crippen LogP contribution >= 0.6 is 0 Å². The fourth-order valence-electron chi connectivity index (χ4n) is 4.65. The lowest BCUT2D eigenvalue weighted by atomic mass is 9.92. The molecule has 7 nitrogen and oxygen atoms in total. The molecule has 0 aliphatic carbocycles. The quantitative estimate of drug-likeness (QED) is 0.336. The van der Waals surface area contributed by atoms with E-state index in [1.54, 1.807) is 65.6 Å². The van der Waals surface area contributed by atoms with E-state index in [0.717, 1.165) is 16.9 Å². The van der Waals surface area contributed by atoms with Gasteiger partial charge in [-0.1, -0.05) is 42.5 Å². The van der Waals surface area contributed by atoms with Crippen molar-refractivity contribution in [3.63, 3.8) is 0 Å². The van der Waals surface area contributed by atoms with Gasteiger partial charge in [0.1, 0.15) is 11.8 Å². The van der Waals surface area contributed by atoms with Crippen molar-refractivity contribution < 1.29 is 19.1 Å². The number of carbonyl (C=O) groups excluding carboxylic acids is 3. The molecule has 4 aromatic rings. The second-order valence-electron chi connectivity index (χ2n) is 9.27. The number of rotatable bonds is 7. The number of ether oxygens (including phenoxy) is 1. The van der Waals surface area contributed by atoms with Gasteiger partial charge in [-0.25, -0.2) is 0 Å². The summed E-state index contributed by atoms with van der Waals surface area (Å²) in [6, 6.07) is 30.0. The van der Waals surface area contributed by atoms with Crippen LogP contribution in [0.2, 0.25) is 0 Å². The van der Waals surface area contributed by atoms with Gasteiger partial charge in [0, 0.05) is 35.5 Å². The Morgan fingerprint density at radius 1 is 0.744 bits per heavy atom. The van der Waals surface area contributed by atoms with Crippen LogP contribution in [0.4, 0.5) is 11.4 Å². The van der Waals surface area contributed by atoms with Crippen molar-refractivity contribution >= 4 is 29.1 Å². The van der Waals surface area contributed by atoms with Crippen molar-refractivity contribution in [1.82, 2.24) is 4.90 Å². The zero-order valence-electron chi connectivity index (χ0n) is 21.6. The largest absolute Gasteiger partial charge is 0.494 e. The first-order valence-corrected chi connectivity index (χ1v) is 12.9. The van der Waals surface area contributed by atoms with Crippen LogP contribution in [0, 0.1) is 0 Å². The summed E-state index contributed by atoms with van der Waals surface area (Å²) < 4.78 is 5.43. The number of fused-ring (bicyclic) bond motifs is 1. The second-order valence-corrected chi connectivity index (χ2v) is 9.27. The maximum absolute atomic E-state index is 13.5. The minimum atomic E-state index is -0.671. The van der Waals surface area contributed by atoms with Gasteiger partial charge in [-0.3, -0.25) is 14.4 Å². The van der Waals surface area contributed by atoms with Crippen molar-refractivity contribution in [3.8, 4) is 5.75 Å². The average Bonchev–Trinajstić information content (AvgIpc) is 2.98. The second kappa shape index (κ2) is 11.6. The summed E-state index contributed by atoms with van der Waals surface area (Å²) in [4.78, 5) is 41.2. The molecular formula is C32H29N3O4. The van der Waals surface area contributed by atoms with Crippen LogP contribution in [0.25, 0.3) is 0 Å². The maximum Gasteiger partial charge on any atom is 0.255 e.